The second-order valence-corrected chi connectivity index (χ2v) is 6.92. The van der Waals surface area contributed by atoms with Gasteiger partial charge in [-0.1, -0.05) is 11.8 Å². The van der Waals surface area contributed by atoms with Gasteiger partial charge in [0, 0.05) is 29.3 Å². The molecule has 0 amide bonds. The summed E-state index contributed by atoms with van der Waals surface area (Å²) >= 11 is 1.64. The molecule has 0 saturated heterocycles. The summed E-state index contributed by atoms with van der Waals surface area (Å²) in [6.07, 6.45) is 4.22. The quantitative estimate of drug-likeness (QED) is 0.389. The molecule has 3 aromatic rings. The molecule has 1 aliphatic rings. The van der Waals surface area contributed by atoms with Crippen LogP contribution in [0.2, 0.25) is 0 Å². The lowest BCUT2D eigenvalue weighted by Gasteiger charge is -2.08. The molecule has 0 unspecified atom stereocenters. The van der Waals surface area contributed by atoms with Crippen molar-refractivity contribution in [3.8, 4) is 5.75 Å². The topological polar surface area (TPSA) is 70.2 Å². The van der Waals surface area contributed by atoms with Crippen LogP contribution in [0.1, 0.15) is 24.4 Å². The van der Waals surface area contributed by atoms with Crippen LogP contribution >= 0.6 is 11.8 Å². The van der Waals surface area contributed by atoms with Crippen LogP contribution in [0.5, 0.6) is 5.75 Å². The minimum atomic E-state index is -0.341. The van der Waals surface area contributed by atoms with Crippen molar-refractivity contribution in [3.63, 3.8) is 0 Å². The Balaban J connectivity index is 1.38. The van der Waals surface area contributed by atoms with Gasteiger partial charge in [-0.2, -0.15) is 0 Å². The molecule has 0 N–H and O–H groups in total. The van der Waals surface area contributed by atoms with Crippen molar-refractivity contribution in [1.29, 1.82) is 0 Å². The summed E-state index contributed by atoms with van der Waals surface area (Å²) in [6, 6.07) is 7.65. The van der Waals surface area contributed by atoms with Crippen molar-refractivity contribution in [2.24, 2.45) is 0 Å². The first-order valence-corrected chi connectivity index (χ1v) is 8.89. The summed E-state index contributed by atoms with van der Waals surface area (Å²) < 4.78 is 13.1. The minimum absolute atomic E-state index is 0.341. The van der Waals surface area contributed by atoms with E-state index in [2.05, 4.69) is 14.8 Å². The van der Waals surface area contributed by atoms with Crippen molar-refractivity contribution in [1.82, 2.24) is 14.8 Å². The van der Waals surface area contributed by atoms with Crippen LogP contribution in [0.25, 0.3) is 11.0 Å². The Morgan fingerprint density at radius 3 is 3.08 bits per heavy atom. The lowest BCUT2D eigenvalue weighted by Crippen LogP contribution is -2.03. The lowest BCUT2D eigenvalue weighted by molar-refractivity contribution is 0.343. The molecular formula is C17H17N3O3S. The van der Waals surface area contributed by atoms with Gasteiger partial charge in [0.15, 0.2) is 5.16 Å². The van der Waals surface area contributed by atoms with Gasteiger partial charge in [-0.25, -0.2) is 4.79 Å². The summed E-state index contributed by atoms with van der Waals surface area (Å²) in [5, 5.41) is 10.0. The van der Waals surface area contributed by atoms with Gasteiger partial charge in [-0.15, -0.1) is 10.2 Å². The average Bonchev–Trinajstić information content (AvgIpc) is 3.30. The Bertz CT molecular complexity index is 930. The van der Waals surface area contributed by atoms with Crippen molar-refractivity contribution in [2.75, 3.05) is 12.4 Å². The van der Waals surface area contributed by atoms with Gasteiger partial charge in [0.2, 0.25) is 0 Å². The highest BCUT2D eigenvalue weighted by atomic mass is 32.2. The third-order valence-electron chi connectivity index (χ3n) is 3.99. The number of rotatable bonds is 6. The van der Waals surface area contributed by atoms with E-state index in [1.807, 2.05) is 19.1 Å². The highest BCUT2D eigenvalue weighted by Crippen LogP contribution is 2.37. The van der Waals surface area contributed by atoms with E-state index in [1.165, 1.54) is 18.9 Å². The van der Waals surface area contributed by atoms with Crippen LogP contribution in [0.15, 0.2) is 45.0 Å². The highest BCUT2D eigenvalue weighted by molar-refractivity contribution is 7.99. The van der Waals surface area contributed by atoms with Crippen LogP contribution < -0.4 is 10.4 Å². The molecule has 1 saturated carbocycles. The van der Waals surface area contributed by atoms with Crippen molar-refractivity contribution in [2.45, 2.75) is 31.0 Å². The van der Waals surface area contributed by atoms with E-state index in [1.54, 1.807) is 24.2 Å². The van der Waals surface area contributed by atoms with Gasteiger partial charge < -0.3 is 13.7 Å². The number of nitrogens with zero attached hydrogens (tertiary/aromatic N) is 3. The molecular weight excluding hydrogens is 326 g/mol. The van der Waals surface area contributed by atoms with E-state index in [-0.39, 0.29) is 5.63 Å². The molecule has 1 aliphatic carbocycles. The number of thioether (sulfide) groups is 1. The van der Waals surface area contributed by atoms with E-state index >= 15 is 0 Å². The summed E-state index contributed by atoms with van der Waals surface area (Å²) in [7, 11) is 0. The molecule has 6 nitrogen and oxygen atoms in total. The summed E-state index contributed by atoms with van der Waals surface area (Å²) in [6.45, 7) is 2.44. The normalized spacial score (nSPS) is 14.2. The SMILES string of the molecule is Cc1cc(=O)oc2cc(OCCSc3nncn3C3CC3)ccc12. The fourth-order valence-corrected chi connectivity index (χ4v) is 3.43. The zero-order valence-electron chi connectivity index (χ0n) is 13.3. The Labute approximate surface area is 142 Å². The Hall–Kier alpha value is -2.28. The minimum Gasteiger partial charge on any atom is -0.493 e. The fraction of sp³-hybridized carbons (Fsp3) is 0.353. The second kappa shape index (κ2) is 6.32. The van der Waals surface area contributed by atoms with Gasteiger partial charge in [-0.3, -0.25) is 0 Å². The average molecular weight is 343 g/mol. The van der Waals surface area contributed by atoms with Crippen LogP contribution in [-0.4, -0.2) is 27.1 Å². The van der Waals surface area contributed by atoms with Gasteiger partial charge in [0.1, 0.15) is 17.7 Å². The highest BCUT2D eigenvalue weighted by Gasteiger charge is 2.26. The molecule has 0 atom stereocenters. The molecule has 0 aliphatic heterocycles. The van der Waals surface area contributed by atoms with Gasteiger partial charge in [0.25, 0.3) is 0 Å². The number of hydrogen-bond donors (Lipinski definition) is 0. The maximum Gasteiger partial charge on any atom is 0.336 e. The van der Waals surface area contributed by atoms with Crippen molar-refractivity contribution >= 4 is 22.7 Å². The molecule has 1 aromatic carbocycles. The number of benzene rings is 1. The zero-order chi connectivity index (χ0) is 16.5. The molecule has 1 fully saturated rings. The van der Waals surface area contributed by atoms with Crippen molar-refractivity contribution < 1.29 is 9.15 Å². The molecule has 2 heterocycles. The lowest BCUT2D eigenvalue weighted by atomic mass is 10.1. The van der Waals surface area contributed by atoms with Crippen LogP contribution in [0.4, 0.5) is 0 Å². The monoisotopic (exact) mass is 343 g/mol. The van der Waals surface area contributed by atoms with E-state index in [0.717, 1.165) is 21.9 Å². The first kappa shape index (κ1) is 15.3. The van der Waals surface area contributed by atoms with E-state index in [9.17, 15) is 4.79 Å². The van der Waals surface area contributed by atoms with Gasteiger partial charge >= 0.3 is 5.63 Å². The summed E-state index contributed by atoms with van der Waals surface area (Å²) in [4.78, 5) is 11.5. The number of aryl methyl sites for hydroxylation is 1. The summed E-state index contributed by atoms with van der Waals surface area (Å²) in [5.74, 6) is 1.47. The largest absolute Gasteiger partial charge is 0.493 e. The number of aromatic nitrogens is 3. The first-order chi connectivity index (χ1) is 11.7. The third-order valence-corrected chi connectivity index (χ3v) is 4.91. The number of fused-ring (bicyclic) bond motifs is 1. The maximum absolute atomic E-state index is 11.5. The molecule has 0 bridgehead atoms. The Kier molecular flexibility index (Phi) is 4.02. The van der Waals surface area contributed by atoms with Crippen LogP contribution in [-0.2, 0) is 0 Å². The molecule has 124 valence electrons. The number of hydrogen-bond acceptors (Lipinski definition) is 6. The zero-order valence-corrected chi connectivity index (χ0v) is 14.1. The van der Waals surface area contributed by atoms with E-state index in [0.29, 0.717) is 24.0 Å². The maximum atomic E-state index is 11.5. The molecule has 7 heteroatoms. The molecule has 4 rings (SSSR count). The van der Waals surface area contributed by atoms with Crippen LogP contribution in [0, 0.1) is 6.92 Å². The second-order valence-electron chi connectivity index (χ2n) is 5.86. The predicted molar refractivity (Wildman–Crippen MR) is 91.7 cm³/mol. The summed E-state index contributed by atoms with van der Waals surface area (Å²) in [5.41, 5.74) is 1.12. The molecule has 24 heavy (non-hydrogen) atoms. The van der Waals surface area contributed by atoms with Gasteiger partial charge in [-0.05, 0) is 37.5 Å². The van der Waals surface area contributed by atoms with E-state index in [4.69, 9.17) is 9.15 Å². The molecule has 0 radical (unpaired) electrons. The predicted octanol–water partition coefficient (Wildman–Crippen LogP) is 3.20. The molecule has 0 spiro atoms. The first-order valence-electron chi connectivity index (χ1n) is 7.90. The Morgan fingerprint density at radius 2 is 2.25 bits per heavy atom. The van der Waals surface area contributed by atoms with Crippen molar-refractivity contribution in [3.05, 3.63) is 46.6 Å². The standard InChI is InChI=1S/C17H17N3O3S/c1-11-8-16(21)23-15-9-13(4-5-14(11)15)22-6-7-24-17-19-18-10-20(17)12-2-3-12/h4-5,8-10,12H,2-3,6-7H2,1H3. The van der Waals surface area contributed by atoms with Crippen LogP contribution in [0.3, 0.4) is 0 Å². The Morgan fingerprint density at radius 1 is 1.38 bits per heavy atom. The smallest absolute Gasteiger partial charge is 0.336 e. The van der Waals surface area contributed by atoms with Gasteiger partial charge in [0.05, 0.1) is 6.61 Å². The molecule has 2 aromatic heterocycles. The van der Waals surface area contributed by atoms with E-state index < -0.39 is 0 Å². The fourth-order valence-electron chi connectivity index (χ4n) is 2.63. The number of ether oxygens (including phenoxy) is 1. The third kappa shape index (κ3) is 3.17.